The number of carbonyl (C=O) groups is 1. The van der Waals surface area contributed by atoms with Crippen LogP contribution in [0.2, 0.25) is 5.02 Å². The number of benzene rings is 1. The number of carbonyl (C=O) groups excluding carboxylic acids is 1. The summed E-state index contributed by atoms with van der Waals surface area (Å²) in [5.41, 5.74) is 1.68. The Morgan fingerprint density at radius 2 is 2.12 bits per heavy atom. The lowest BCUT2D eigenvalue weighted by atomic mass is 9.94. The lowest BCUT2D eigenvalue weighted by Crippen LogP contribution is -2.38. The minimum Gasteiger partial charge on any atom is -0.324 e. The molecular weight excluding hydrogens is 392 g/mol. The Bertz CT molecular complexity index is 705. The molecule has 1 saturated heterocycles. The molecule has 0 bridgehead atoms. The van der Waals surface area contributed by atoms with Gasteiger partial charge in [0.25, 0.3) is 0 Å². The number of hydrogen-bond acceptors (Lipinski definition) is 4. The third kappa shape index (κ3) is 4.53. The molecule has 1 N–H and O–H groups in total. The highest BCUT2D eigenvalue weighted by atomic mass is 79.9. The fraction of sp³-hybridized carbons (Fsp3) is 0.353. The van der Waals surface area contributed by atoms with E-state index in [4.69, 9.17) is 11.6 Å². The lowest BCUT2D eigenvalue weighted by molar-refractivity contribution is -0.117. The fourth-order valence-corrected chi connectivity index (χ4v) is 3.61. The number of aromatic nitrogens is 2. The Morgan fingerprint density at radius 1 is 1.33 bits per heavy atom. The monoisotopic (exact) mass is 408 g/mol. The number of piperidine rings is 1. The van der Waals surface area contributed by atoms with Gasteiger partial charge >= 0.3 is 0 Å². The maximum Gasteiger partial charge on any atom is 0.238 e. The molecular formula is C17H18BrClN4O. The standard InChI is InChI=1S/C17H18BrClN4O/c18-13-1-2-15(14(19)9-13)22-17(24)11-23-7-3-12(4-8-23)16-10-20-5-6-21-16/h1-2,5-6,9-10,12H,3-4,7-8,11H2,(H,22,24). The maximum absolute atomic E-state index is 12.2. The highest BCUT2D eigenvalue weighted by Gasteiger charge is 2.23. The normalized spacial score (nSPS) is 16.1. The summed E-state index contributed by atoms with van der Waals surface area (Å²) in [7, 11) is 0. The first-order valence-electron chi connectivity index (χ1n) is 7.85. The number of halogens is 2. The van der Waals surface area contributed by atoms with Gasteiger partial charge in [-0.3, -0.25) is 19.7 Å². The minimum absolute atomic E-state index is 0.0443. The van der Waals surface area contributed by atoms with Crippen molar-refractivity contribution in [3.63, 3.8) is 0 Å². The molecule has 1 aromatic heterocycles. The van der Waals surface area contributed by atoms with Gasteiger partial charge in [-0.15, -0.1) is 0 Å². The smallest absolute Gasteiger partial charge is 0.238 e. The van der Waals surface area contributed by atoms with Crippen LogP contribution in [-0.4, -0.2) is 40.4 Å². The number of anilines is 1. The average molecular weight is 410 g/mol. The average Bonchev–Trinajstić information content (AvgIpc) is 2.59. The van der Waals surface area contributed by atoms with E-state index in [1.54, 1.807) is 24.5 Å². The van der Waals surface area contributed by atoms with Gasteiger partial charge in [0.1, 0.15) is 0 Å². The van der Waals surface area contributed by atoms with Gasteiger partial charge in [-0.05, 0) is 44.1 Å². The van der Waals surface area contributed by atoms with Crippen LogP contribution in [-0.2, 0) is 4.79 Å². The minimum atomic E-state index is -0.0443. The van der Waals surface area contributed by atoms with Crippen LogP contribution in [0, 0.1) is 0 Å². The molecule has 7 heteroatoms. The van der Waals surface area contributed by atoms with Gasteiger partial charge in [0.05, 0.1) is 22.9 Å². The highest BCUT2D eigenvalue weighted by Crippen LogP contribution is 2.27. The predicted molar refractivity (Wildman–Crippen MR) is 98.2 cm³/mol. The van der Waals surface area contributed by atoms with Crippen LogP contribution >= 0.6 is 27.5 Å². The van der Waals surface area contributed by atoms with E-state index >= 15 is 0 Å². The maximum atomic E-state index is 12.2. The van der Waals surface area contributed by atoms with Crippen molar-refractivity contribution in [1.82, 2.24) is 14.9 Å². The SMILES string of the molecule is O=C(CN1CCC(c2cnccn2)CC1)Nc1ccc(Br)cc1Cl. The predicted octanol–water partition coefficient (Wildman–Crippen LogP) is 3.71. The first-order chi connectivity index (χ1) is 11.6. The van der Waals surface area contributed by atoms with E-state index < -0.39 is 0 Å². The van der Waals surface area contributed by atoms with Crippen molar-refractivity contribution in [2.24, 2.45) is 0 Å². The fourth-order valence-electron chi connectivity index (χ4n) is 2.89. The summed E-state index contributed by atoms with van der Waals surface area (Å²) >= 11 is 9.48. The van der Waals surface area contributed by atoms with E-state index in [1.165, 1.54) is 0 Å². The molecule has 1 aliphatic heterocycles. The number of amides is 1. The topological polar surface area (TPSA) is 58.1 Å². The summed E-state index contributed by atoms with van der Waals surface area (Å²) < 4.78 is 0.886. The lowest BCUT2D eigenvalue weighted by Gasteiger charge is -2.31. The molecule has 3 rings (SSSR count). The van der Waals surface area contributed by atoms with Gasteiger partial charge < -0.3 is 5.32 Å². The zero-order valence-electron chi connectivity index (χ0n) is 13.1. The summed E-state index contributed by atoms with van der Waals surface area (Å²) in [4.78, 5) is 22.9. The molecule has 0 spiro atoms. The largest absolute Gasteiger partial charge is 0.324 e. The van der Waals surface area contributed by atoms with Crippen LogP contribution in [0.1, 0.15) is 24.5 Å². The second-order valence-electron chi connectivity index (χ2n) is 5.85. The molecule has 1 aliphatic rings. The van der Waals surface area contributed by atoms with Gasteiger partial charge in [-0.1, -0.05) is 27.5 Å². The Balaban J connectivity index is 1.50. The van der Waals surface area contributed by atoms with Crippen molar-refractivity contribution in [3.05, 3.63) is 52.0 Å². The van der Waals surface area contributed by atoms with E-state index in [9.17, 15) is 4.79 Å². The number of likely N-dealkylation sites (tertiary alicyclic amines) is 1. The molecule has 0 aliphatic carbocycles. The third-order valence-corrected chi connectivity index (χ3v) is 4.97. The van der Waals surface area contributed by atoms with Crippen molar-refractivity contribution in [3.8, 4) is 0 Å². The Morgan fingerprint density at radius 3 is 2.79 bits per heavy atom. The van der Waals surface area contributed by atoms with Crippen LogP contribution in [0.3, 0.4) is 0 Å². The zero-order chi connectivity index (χ0) is 16.9. The van der Waals surface area contributed by atoms with Crippen molar-refractivity contribution in [2.45, 2.75) is 18.8 Å². The quantitative estimate of drug-likeness (QED) is 0.836. The van der Waals surface area contributed by atoms with E-state index in [0.717, 1.165) is 36.1 Å². The Labute approximate surface area is 154 Å². The molecule has 0 saturated carbocycles. The third-order valence-electron chi connectivity index (χ3n) is 4.16. The van der Waals surface area contributed by atoms with Crippen molar-refractivity contribution < 1.29 is 4.79 Å². The van der Waals surface area contributed by atoms with Crippen molar-refractivity contribution >= 4 is 39.1 Å². The number of hydrogen-bond donors (Lipinski definition) is 1. The van der Waals surface area contributed by atoms with Gasteiger partial charge in [0, 0.05) is 29.0 Å². The summed E-state index contributed by atoms with van der Waals surface area (Å²) in [6, 6.07) is 5.42. The number of nitrogens with zero attached hydrogens (tertiary/aromatic N) is 3. The van der Waals surface area contributed by atoms with Crippen LogP contribution < -0.4 is 5.32 Å². The second kappa shape index (κ2) is 8.05. The zero-order valence-corrected chi connectivity index (χ0v) is 15.4. The van der Waals surface area contributed by atoms with Gasteiger partial charge in [-0.2, -0.15) is 0 Å². The van der Waals surface area contributed by atoms with Gasteiger partial charge in [0.15, 0.2) is 0 Å². The molecule has 0 atom stereocenters. The van der Waals surface area contributed by atoms with Crippen molar-refractivity contribution in [1.29, 1.82) is 0 Å². The van der Waals surface area contributed by atoms with E-state index in [0.29, 0.717) is 23.2 Å². The van der Waals surface area contributed by atoms with Crippen LogP contribution in [0.25, 0.3) is 0 Å². The molecule has 126 valence electrons. The molecule has 1 fully saturated rings. The summed E-state index contributed by atoms with van der Waals surface area (Å²) in [6.07, 6.45) is 7.24. The molecule has 2 aromatic rings. The molecule has 0 radical (unpaired) electrons. The van der Waals surface area contributed by atoms with Crippen LogP contribution in [0.4, 0.5) is 5.69 Å². The second-order valence-corrected chi connectivity index (χ2v) is 7.18. The van der Waals surface area contributed by atoms with Gasteiger partial charge in [0.2, 0.25) is 5.91 Å². The van der Waals surface area contributed by atoms with E-state index in [-0.39, 0.29) is 5.91 Å². The molecule has 2 heterocycles. The van der Waals surface area contributed by atoms with Crippen LogP contribution in [0.15, 0.2) is 41.3 Å². The highest BCUT2D eigenvalue weighted by molar-refractivity contribution is 9.10. The summed E-state index contributed by atoms with van der Waals surface area (Å²) in [5.74, 6) is 0.385. The van der Waals surface area contributed by atoms with E-state index in [2.05, 4.69) is 36.1 Å². The number of nitrogens with one attached hydrogen (secondary N) is 1. The Kier molecular flexibility index (Phi) is 5.81. The van der Waals surface area contributed by atoms with Crippen molar-refractivity contribution in [2.75, 3.05) is 25.0 Å². The van der Waals surface area contributed by atoms with Gasteiger partial charge in [-0.25, -0.2) is 0 Å². The first kappa shape index (κ1) is 17.3. The first-order valence-corrected chi connectivity index (χ1v) is 9.02. The summed E-state index contributed by atoms with van der Waals surface area (Å²) in [5, 5.41) is 3.40. The number of rotatable bonds is 4. The molecule has 1 aromatic carbocycles. The van der Waals surface area contributed by atoms with E-state index in [1.807, 2.05) is 12.3 Å². The molecule has 0 unspecified atom stereocenters. The molecule has 5 nitrogen and oxygen atoms in total. The summed E-state index contributed by atoms with van der Waals surface area (Å²) in [6.45, 7) is 2.13. The van der Waals surface area contributed by atoms with Crippen LogP contribution in [0.5, 0.6) is 0 Å². The Hall–Kier alpha value is -1.50. The molecule has 24 heavy (non-hydrogen) atoms. The molecule has 1 amide bonds.